The van der Waals surface area contributed by atoms with Gasteiger partial charge < -0.3 is 19.8 Å². The molecule has 0 aliphatic carbocycles. The number of fused-ring (bicyclic) bond motifs is 1. The number of hydrogen-bond acceptors (Lipinski definition) is 4. The van der Waals surface area contributed by atoms with Crippen LogP contribution in [0.4, 0.5) is 5.69 Å². The van der Waals surface area contributed by atoms with Gasteiger partial charge in [-0.25, -0.2) is 4.79 Å². The maximum Gasteiger partial charge on any atom is 0.335 e. The van der Waals surface area contributed by atoms with E-state index in [1.165, 1.54) is 17.0 Å². The molecular weight excluding hydrogens is 250 g/mol. The molecule has 19 heavy (non-hydrogen) atoms. The third kappa shape index (κ3) is 2.53. The zero-order valence-electron chi connectivity index (χ0n) is 10.5. The van der Waals surface area contributed by atoms with Crippen LogP contribution in [0.15, 0.2) is 18.2 Å². The van der Waals surface area contributed by atoms with Crippen molar-refractivity contribution in [1.82, 2.24) is 0 Å². The summed E-state index contributed by atoms with van der Waals surface area (Å²) < 4.78 is 5.43. The van der Waals surface area contributed by atoms with Gasteiger partial charge in [-0.2, -0.15) is 0 Å². The van der Waals surface area contributed by atoms with Gasteiger partial charge in [-0.15, -0.1) is 0 Å². The second-order valence-corrected chi connectivity index (χ2v) is 4.31. The molecule has 1 unspecified atom stereocenters. The van der Waals surface area contributed by atoms with E-state index in [0.29, 0.717) is 24.4 Å². The monoisotopic (exact) mass is 265 g/mol. The summed E-state index contributed by atoms with van der Waals surface area (Å²) in [5.41, 5.74) is 0.656. The van der Waals surface area contributed by atoms with E-state index >= 15 is 0 Å². The standard InChI is InChI=1S/C13H15NO5/c1-8-12(16)14(5-2-6-15)10-4-3-9(13(17)18)7-11(10)19-8/h3-4,7-8,15H,2,5-6H2,1H3,(H,17,18). The summed E-state index contributed by atoms with van der Waals surface area (Å²) in [5, 5.41) is 17.8. The van der Waals surface area contributed by atoms with Crippen LogP contribution < -0.4 is 9.64 Å². The van der Waals surface area contributed by atoms with E-state index in [1.807, 2.05) is 0 Å². The minimum absolute atomic E-state index is 0.0123. The minimum Gasteiger partial charge on any atom is -0.479 e. The summed E-state index contributed by atoms with van der Waals surface area (Å²) in [6.07, 6.45) is -0.200. The average Bonchev–Trinajstić information content (AvgIpc) is 2.38. The molecule has 6 heteroatoms. The highest BCUT2D eigenvalue weighted by atomic mass is 16.5. The molecule has 6 nitrogen and oxygen atoms in total. The highest BCUT2D eigenvalue weighted by Gasteiger charge is 2.31. The number of carboxylic acid groups (broad SMARTS) is 1. The molecule has 1 aliphatic rings. The quantitative estimate of drug-likeness (QED) is 0.844. The molecule has 2 N–H and O–H groups in total. The Morgan fingerprint density at radius 2 is 2.21 bits per heavy atom. The number of rotatable bonds is 4. The number of aromatic carboxylic acids is 1. The van der Waals surface area contributed by atoms with Crippen LogP contribution in [0.1, 0.15) is 23.7 Å². The van der Waals surface area contributed by atoms with Crippen LogP contribution >= 0.6 is 0 Å². The number of carboxylic acids is 1. The number of benzene rings is 1. The maximum absolute atomic E-state index is 12.0. The molecule has 1 atom stereocenters. The van der Waals surface area contributed by atoms with Crippen molar-refractivity contribution >= 4 is 17.6 Å². The minimum atomic E-state index is -1.04. The smallest absolute Gasteiger partial charge is 0.335 e. The van der Waals surface area contributed by atoms with Crippen LogP contribution in [0.3, 0.4) is 0 Å². The summed E-state index contributed by atoms with van der Waals surface area (Å²) in [6.45, 7) is 1.98. The predicted molar refractivity (Wildman–Crippen MR) is 67.5 cm³/mol. The highest BCUT2D eigenvalue weighted by Crippen LogP contribution is 2.34. The fourth-order valence-corrected chi connectivity index (χ4v) is 2.00. The molecule has 102 valence electrons. The molecule has 0 aromatic heterocycles. The van der Waals surface area contributed by atoms with Crippen molar-refractivity contribution in [2.45, 2.75) is 19.4 Å². The maximum atomic E-state index is 12.0. The van der Waals surface area contributed by atoms with Crippen molar-refractivity contribution < 1.29 is 24.5 Å². The molecule has 1 aromatic rings. The number of aliphatic hydroxyl groups excluding tert-OH is 1. The lowest BCUT2D eigenvalue weighted by atomic mass is 10.1. The summed E-state index contributed by atoms with van der Waals surface area (Å²) in [5.74, 6) is -0.855. The number of amides is 1. The van der Waals surface area contributed by atoms with Crippen molar-refractivity contribution in [1.29, 1.82) is 0 Å². The third-order valence-corrected chi connectivity index (χ3v) is 2.95. The van der Waals surface area contributed by atoms with Gasteiger partial charge in [-0.3, -0.25) is 4.79 Å². The Bertz CT molecular complexity index is 514. The third-order valence-electron chi connectivity index (χ3n) is 2.95. The first-order valence-electron chi connectivity index (χ1n) is 6.01. The number of nitrogens with zero attached hydrogens (tertiary/aromatic N) is 1. The Morgan fingerprint density at radius 3 is 2.84 bits per heavy atom. The average molecular weight is 265 g/mol. The zero-order valence-corrected chi connectivity index (χ0v) is 10.5. The van der Waals surface area contributed by atoms with Crippen LogP contribution in [-0.2, 0) is 4.79 Å². The molecule has 0 radical (unpaired) electrons. The van der Waals surface area contributed by atoms with Gasteiger partial charge in [0.1, 0.15) is 5.75 Å². The number of carbonyl (C=O) groups is 2. The number of carbonyl (C=O) groups excluding carboxylic acids is 1. The fourth-order valence-electron chi connectivity index (χ4n) is 2.00. The van der Waals surface area contributed by atoms with Crippen molar-refractivity contribution in [3.8, 4) is 5.75 Å². The van der Waals surface area contributed by atoms with E-state index in [-0.39, 0.29) is 18.1 Å². The first kappa shape index (κ1) is 13.4. The van der Waals surface area contributed by atoms with Crippen LogP contribution in [0.2, 0.25) is 0 Å². The number of anilines is 1. The van der Waals surface area contributed by atoms with Crippen LogP contribution in [0.5, 0.6) is 5.75 Å². The van der Waals surface area contributed by atoms with Gasteiger partial charge >= 0.3 is 5.97 Å². The second-order valence-electron chi connectivity index (χ2n) is 4.31. The molecule has 0 spiro atoms. The van der Waals surface area contributed by atoms with Crippen LogP contribution in [0.25, 0.3) is 0 Å². The molecule has 0 saturated carbocycles. The Morgan fingerprint density at radius 1 is 1.47 bits per heavy atom. The zero-order chi connectivity index (χ0) is 14.0. The molecule has 0 saturated heterocycles. The lowest BCUT2D eigenvalue weighted by molar-refractivity contribution is -0.125. The SMILES string of the molecule is CC1Oc2cc(C(=O)O)ccc2N(CCCO)C1=O. The molecule has 2 rings (SSSR count). The molecule has 1 aromatic carbocycles. The van der Waals surface area contributed by atoms with Crippen molar-refractivity contribution in [2.24, 2.45) is 0 Å². The Balaban J connectivity index is 2.38. The molecule has 1 amide bonds. The topological polar surface area (TPSA) is 87.1 Å². The van der Waals surface area contributed by atoms with Gasteiger partial charge in [-0.1, -0.05) is 0 Å². The van der Waals surface area contributed by atoms with Crippen LogP contribution in [0, 0.1) is 0 Å². The Hall–Kier alpha value is -2.08. The lowest BCUT2D eigenvalue weighted by Crippen LogP contribution is -2.45. The summed E-state index contributed by atoms with van der Waals surface area (Å²) in [6, 6.07) is 4.40. The second kappa shape index (κ2) is 5.27. The summed E-state index contributed by atoms with van der Waals surface area (Å²) in [4.78, 5) is 24.5. The number of aliphatic hydroxyl groups is 1. The highest BCUT2D eigenvalue weighted by molar-refractivity contribution is 6.00. The first-order valence-corrected chi connectivity index (χ1v) is 6.01. The Labute approximate surface area is 110 Å². The summed E-state index contributed by atoms with van der Waals surface area (Å²) >= 11 is 0. The predicted octanol–water partition coefficient (Wildman–Crippen LogP) is 0.881. The van der Waals surface area contributed by atoms with E-state index in [4.69, 9.17) is 14.9 Å². The normalized spacial score (nSPS) is 17.9. The van der Waals surface area contributed by atoms with Crippen molar-refractivity contribution in [2.75, 3.05) is 18.1 Å². The van der Waals surface area contributed by atoms with Crippen molar-refractivity contribution in [3.63, 3.8) is 0 Å². The van der Waals surface area contributed by atoms with Gasteiger partial charge in [0.15, 0.2) is 6.10 Å². The van der Waals surface area contributed by atoms with E-state index < -0.39 is 12.1 Å². The van der Waals surface area contributed by atoms with Gasteiger partial charge in [0, 0.05) is 13.2 Å². The largest absolute Gasteiger partial charge is 0.479 e. The van der Waals surface area contributed by atoms with Gasteiger partial charge in [0.2, 0.25) is 0 Å². The summed E-state index contributed by atoms with van der Waals surface area (Å²) in [7, 11) is 0. The van der Waals surface area contributed by atoms with Gasteiger partial charge in [0.25, 0.3) is 5.91 Å². The van der Waals surface area contributed by atoms with E-state index in [2.05, 4.69) is 0 Å². The lowest BCUT2D eigenvalue weighted by Gasteiger charge is -2.33. The molecule has 0 bridgehead atoms. The fraction of sp³-hybridized carbons (Fsp3) is 0.385. The van der Waals surface area contributed by atoms with Crippen molar-refractivity contribution in [3.05, 3.63) is 23.8 Å². The number of hydrogen-bond donors (Lipinski definition) is 2. The van der Waals surface area contributed by atoms with Gasteiger partial charge in [0.05, 0.1) is 11.3 Å². The van der Waals surface area contributed by atoms with Crippen LogP contribution in [-0.4, -0.2) is 41.3 Å². The molecule has 1 heterocycles. The molecule has 0 fully saturated rings. The van der Waals surface area contributed by atoms with E-state index in [1.54, 1.807) is 13.0 Å². The Kier molecular flexibility index (Phi) is 3.71. The number of ether oxygens (including phenoxy) is 1. The molecular formula is C13H15NO5. The van der Waals surface area contributed by atoms with E-state index in [9.17, 15) is 9.59 Å². The first-order chi connectivity index (χ1) is 9.04. The molecule has 1 aliphatic heterocycles. The van der Waals surface area contributed by atoms with E-state index in [0.717, 1.165) is 0 Å². The van der Waals surface area contributed by atoms with Gasteiger partial charge in [-0.05, 0) is 31.5 Å².